The smallest absolute Gasteiger partial charge is 0.280 e. The Labute approximate surface area is 116 Å². The van der Waals surface area contributed by atoms with Gasteiger partial charge in [0.05, 0.1) is 10.5 Å². The number of ether oxygens (including phenoxy) is 1. The molecule has 0 bridgehead atoms. The molecule has 0 atom stereocenters. The van der Waals surface area contributed by atoms with Crippen molar-refractivity contribution in [3.05, 3.63) is 69.8 Å². The van der Waals surface area contributed by atoms with Crippen LogP contribution in [0.2, 0.25) is 0 Å². The van der Waals surface area contributed by atoms with Crippen molar-refractivity contribution in [2.45, 2.75) is 13.5 Å². The fourth-order valence-electron chi connectivity index (χ4n) is 1.79. The summed E-state index contributed by atoms with van der Waals surface area (Å²) in [6.07, 6.45) is 0. The predicted octanol–water partition coefficient (Wildman–Crippen LogP) is 3.38. The first-order valence-corrected chi connectivity index (χ1v) is 6.04. The molecule has 0 heterocycles. The van der Waals surface area contributed by atoms with Gasteiger partial charge in [0.1, 0.15) is 12.4 Å². The van der Waals surface area contributed by atoms with Gasteiger partial charge in [0, 0.05) is 6.07 Å². The van der Waals surface area contributed by atoms with Gasteiger partial charge in [-0.25, -0.2) is 0 Å². The van der Waals surface area contributed by atoms with Crippen LogP contribution in [0.4, 0.5) is 5.69 Å². The molecule has 0 aliphatic rings. The Morgan fingerprint density at radius 1 is 1.20 bits per heavy atom. The molecule has 0 saturated carbocycles. The number of rotatable bonds is 5. The van der Waals surface area contributed by atoms with Crippen LogP contribution in [0.25, 0.3) is 0 Å². The van der Waals surface area contributed by atoms with Gasteiger partial charge in [-0.1, -0.05) is 30.3 Å². The lowest BCUT2D eigenvalue weighted by atomic mass is 10.1. The molecule has 2 rings (SSSR count). The number of hydrogen-bond acceptors (Lipinski definition) is 4. The minimum Gasteiger partial charge on any atom is -0.489 e. The van der Waals surface area contributed by atoms with Gasteiger partial charge in [-0.2, -0.15) is 0 Å². The van der Waals surface area contributed by atoms with E-state index >= 15 is 0 Å². The van der Waals surface area contributed by atoms with E-state index in [0.29, 0.717) is 12.4 Å². The molecule has 0 N–H and O–H groups in total. The SMILES string of the molecule is CC(=O)c1cc(OCc2ccccc2)ccc1[N+](=O)[O-]. The van der Waals surface area contributed by atoms with Crippen molar-refractivity contribution in [2.75, 3.05) is 0 Å². The van der Waals surface area contributed by atoms with Crippen LogP contribution in [-0.2, 0) is 6.61 Å². The number of carbonyl (C=O) groups is 1. The van der Waals surface area contributed by atoms with E-state index in [9.17, 15) is 14.9 Å². The molecule has 0 aliphatic heterocycles. The van der Waals surface area contributed by atoms with Crippen LogP contribution < -0.4 is 4.74 Å². The summed E-state index contributed by atoms with van der Waals surface area (Å²) in [5.74, 6) is 0.0755. The van der Waals surface area contributed by atoms with Crippen molar-refractivity contribution in [1.82, 2.24) is 0 Å². The number of carbonyl (C=O) groups excluding carboxylic acids is 1. The summed E-state index contributed by atoms with van der Waals surface area (Å²) in [5.41, 5.74) is 0.834. The molecule has 0 spiro atoms. The van der Waals surface area contributed by atoms with Crippen molar-refractivity contribution in [3.63, 3.8) is 0 Å². The summed E-state index contributed by atoms with van der Waals surface area (Å²) in [6, 6.07) is 13.7. The normalized spacial score (nSPS) is 10.1. The van der Waals surface area contributed by atoms with Gasteiger partial charge in [-0.3, -0.25) is 14.9 Å². The van der Waals surface area contributed by atoms with E-state index in [0.717, 1.165) is 5.56 Å². The van der Waals surface area contributed by atoms with Crippen molar-refractivity contribution >= 4 is 11.5 Å². The second-order valence-corrected chi connectivity index (χ2v) is 4.27. The van der Waals surface area contributed by atoms with Crippen LogP contribution in [0, 0.1) is 10.1 Å². The van der Waals surface area contributed by atoms with Gasteiger partial charge >= 0.3 is 0 Å². The van der Waals surface area contributed by atoms with E-state index in [4.69, 9.17) is 4.74 Å². The first-order chi connectivity index (χ1) is 9.58. The van der Waals surface area contributed by atoms with Gasteiger partial charge in [-0.05, 0) is 24.6 Å². The molecule has 0 saturated heterocycles. The maximum atomic E-state index is 11.4. The van der Waals surface area contributed by atoms with Crippen LogP contribution in [-0.4, -0.2) is 10.7 Å². The van der Waals surface area contributed by atoms with Crippen molar-refractivity contribution < 1.29 is 14.5 Å². The topological polar surface area (TPSA) is 69.4 Å². The first-order valence-electron chi connectivity index (χ1n) is 6.04. The van der Waals surface area contributed by atoms with E-state index in [1.165, 1.54) is 25.1 Å². The minimum atomic E-state index is -0.572. The van der Waals surface area contributed by atoms with Gasteiger partial charge in [0.15, 0.2) is 5.78 Å². The summed E-state index contributed by atoms with van der Waals surface area (Å²) in [7, 11) is 0. The lowest BCUT2D eigenvalue weighted by Gasteiger charge is -2.07. The van der Waals surface area contributed by atoms with Crippen molar-refractivity contribution in [1.29, 1.82) is 0 Å². The Bertz CT molecular complexity index is 638. The van der Waals surface area contributed by atoms with Crippen LogP contribution >= 0.6 is 0 Å². The molecule has 0 fully saturated rings. The fraction of sp³-hybridized carbons (Fsp3) is 0.133. The number of nitro benzene ring substituents is 1. The average molecular weight is 271 g/mol. The van der Waals surface area contributed by atoms with Crippen molar-refractivity contribution in [3.8, 4) is 5.75 Å². The number of benzene rings is 2. The highest BCUT2D eigenvalue weighted by Gasteiger charge is 2.18. The van der Waals surface area contributed by atoms with E-state index < -0.39 is 4.92 Å². The minimum absolute atomic E-state index is 0.0561. The molecule has 0 amide bonds. The average Bonchev–Trinajstić information content (AvgIpc) is 2.45. The number of nitro groups is 1. The van der Waals surface area contributed by atoms with Gasteiger partial charge in [0.25, 0.3) is 5.69 Å². The van der Waals surface area contributed by atoms with E-state index in [1.54, 1.807) is 0 Å². The molecule has 2 aromatic carbocycles. The lowest BCUT2D eigenvalue weighted by Crippen LogP contribution is -2.02. The molecule has 102 valence electrons. The molecule has 0 radical (unpaired) electrons. The Kier molecular flexibility index (Phi) is 4.10. The molecular weight excluding hydrogens is 258 g/mol. The summed E-state index contributed by atoms with van der Waals surface area (Å²) in [6.45, 7) is 1.64. The van der Waals surface area contributed by atoms with Crippen LogP contribution in [0.15, 0.2) is 48.5 Å². The zero-order valence-electron chi connectivity index (χ0n) is 10.9. The number of hydrogen-bond donors (Lipinski definition) is 0. The molecule has 20 heavy (non-hydrogen) atoms. The molecule has 5 nitrogen and oxygen atoms in total. The van der Waals surface area contributed by atoms with Gasteiger partial charge in [0.2, 0.25) is 0 Å². The van der Waals surface area contributed by atoms with Crippen LogP contribution in [0.5, 0.6) is 5.75 Å². The standard InChI is InChI=1S/C15H13NO4/c1-11(17)14-9-13(7-8-15(14)16(18)19)20-10-12-5-3-2-4-6-12/h2-9H,10H2,1H3. The largest absolute Gasteiger partial charge is 0.489 e. The lowest BCUT2D eigenvalue weighted by molar-refractivity contribution is -0.385. The number of Topliss-reactive ketones (excluding diaryl/α,β-unsaturated/α-hetero) is 1. The number of ketones is 1. The predicted molar refractivity (Wildman–Crippen MR) is 73.9 cm³/mol. The molecule has 0 aliphatic carbocycles. The molecule has 0 unspecified atom stereocenters. The Balaban J connectivity index is 2.19. The highest BCUT2D eigenvalue weighted by atomic mass is 16.6. The first kappa shape index (κ1) is 13.7. The third kappa shape index (κ3) is 3.20. The molecular formula is C15H13NO4. The molecule has 5 heteroatoms. The Hall–Kier alpha value is -2.69. The van der Waals surface area contributed by atoms with Crippen molar-refractivity contribution in [2.24, 2.45) is 0 Å². The van der Waals surface area contributed by atoms with E-state index in [-0.39, 0.29) is 17.0 Å². The van der Waals surface area contributed by atoms with E-state index in [2.05, 4.69) is 0 Å². The second-order valence-electron chi connectivity index (χ2n) is 4.27. The summed E-state index contributed by atoms with van der Waals surface area (Å²) >= 11 is 0. The van der Waals surface area contributed by atoms with Gasteiger partial charge in [-0.15, -0.1) is 0 Å². The highest BCUT2D eigenvalue weighted by Crippen LogP contribution is 2.25. The highest BCUT2D eigenvalue weighted by molar-refractivity contribution is 5.98. The van der Waals surface area contributed by atoms with Crippen LogP contribution in [0.1, 0.15) is 22.8 Å². The summed E-state index contributed by atoms with van der Waals surface area (Å²) in [4.78, 5) is 21.7. The third-order valence-corrected chi connectivity index (χ3v) is 2.79. The number of nitrogens with zero attached hydrogens (tertiary/aromatic N) is 1. The summed E-state index contributed by atoms with van der Waals surface area (Å²) < 4.78 is 5.54. The summed E-state index contributed by atoms with van der Waals surface area (Å²) in [5, 5.41) is 10.8. The monoisotopic (exact) mass is 271 g/mol. The van der Waals surface area contributed by atoms with Gasteiger partial charge < -0.3 is 4.74 Å². The molecule has 2 aromatic rings. The third-order valence-electron chi connectivity index (χ3n) is 2.79. The fourth-order valence-corrected chi connectivity index (χ4v) is 1.79. The maximum absolute atomic E-state index is 11.4. The maximum Gasteiger partial charge on any atom is 0.280 e. The van der Waals surface area contributed by atoms with Crippen LogP contribution in [0.3, 0.4) is 0 Å². The second kappa shape index (κ2) is 5.97. The zero-order chi connectivity index (χ0) is 14.5. The Morgan fingerprint density at radius 3 is 2.50 bits per heavy atom. The quantitative estimate of drug-likeness (QED) is 0.475. The van der Waals surface area contributed by atoms with E-state index in [1.807, 2.05) is 30.3 Å². The zero-order valence-corrected chi connectivity index (χ0v) is 10.9. The molecule has 0 aromatic heterocycles. The Morgan fingerprint density at radius 2 is 1.90 bits per heavy atom.